The van der Waals surface area contributed by atoms with Crippen molar-refractivity contribution in [1.29, 1.82) is 0 Å². The molecule has 0 amide bonds. The molecule has 1 heterocycles. The van der Waals surface area contributed by atoms with Crippen LogP contribution in [0.25, 0.3) is 0 Å². The number of aromatic nitrogens is 2. The number of hydrogen-bond acceptors (Lipinski definition) is 3. The molecular formula is C13H16ClN3O2S. The van der Waals surface area contributed by atoms with Crippen molar-refractivity contribution in [3.63, 3.8) is 0 Å². The Morgan fingerprint density at radius 2 is 2.00 bits per heavy atom. The summed E-state index contributed by atoms with van der Waals surface area (Å²) in [4.78, 5) is 4.16. The lowest BCUT2D eigenvalue weighted by Gasteiger charge is -2.08. The fourth-order valence-corrected chi connectivity index (χ4v) is 3.00. The second-order valence-corrected chi connectivity index (χ2v) is 6.43. The molecule has 1 aromatic carbocycles. The van der Waals surface area contributed by atoms with E-state index in [2.05, 4.69) is 9.71 Å². The number of hydrogen-bond donors (Lipinski definition) is 1. The number of nitrogens with zero attached hydrogens (tertiary/aromatic N) is 2. The van der Waals surface area contributed by atoms with Crippen LogP contribution in [0.1, 0.15) is 5.56 Å². The molecule has 0 atom stereocenters. The lowest BCUT2D eigenvalue weighted by Crippen LogP contribution is -2.27. The summed E-state index contributed by atoms with van der Waals surface area (Å²) in [5, 5.41) is 0. The van der Waals surface area contributed by atoms with Gasteiger partial charge in [0.1, 0.15) is 0 Å². The minimum absolute atomic E-state index is 0.265. The van der Waals surface area contributed by atoms with Crippen molar-refractivity contribution in [2.24, 2.45) is 0 Å². The molecule has 0 aliphatic rings. The Balaban J connectivity index is 1.95. The highest BCUT2D eigenvalue weighted by Crippen LogP contribution is 2.11. The highest BCUT2D eigenvalue weighted by Gasteiger charge is 2.12. The second-order valence-electron chi connectivity index (χ2n) is 4.28. The standard InChI is InChI=1S/C13H16ClN3O2S/c14-6-5-12-1-3-13(4-2-12)20(18,19)16-8-10-17-9-7-15-11-17/h1-4,7,9,11,16H,5-6,8,10H2. The Hall–Kier alpha value is -1.37. The van der Waals surface area contributed by atoms with Gasteiger partial charge in [-0.2, -0.15) is 0 Å². The van der Waals surface area contributed by atoms with Crippen LogP contribution >= 0.6 is 11.6 Å². The summed E-state index contributed by atoms with van der Waals surface area (Å²) in [6.07, 6.45) is 5.82. The van der Waals surface area contributed by atoms with E-state index in [9.17, 15) is 8.42 Å². The third-order valence-electron chi connectivity index (χ3n) is 2.84. The van der Waals surface area contributed by atoms with Crippen molar-refractivity contribution in [3.8, 4) is 0 Å². The molecule has 20 heavy (non-hydrogen) atoms. The molecule has 0 aliphatic heterocycles. The molecule has 0 saturated heterocycles. The number of imidazole rings is 1. The topological polar surface area (TPSA) is 64.0 Å². The fraction of sp³-hybridized carbons (Fsp3) is 0.308. The molecule has 2 rings (SSSR count). The van der Waals surface area contributed by atoms with Gasteiger partial charge in [-0.15, -0.1) is 11.6 Å². The number of aryl methyl sites for hydroxylation is 1. The average Bonchev–Trinajstić information content (AvgIpc) is 2.93. The predicted octanol–water partition coefficient (Wildman–Crippen LogP) is 1.64. The maximum atomic E-state index is 12.1. The van der Waals surface area contributed by atoms with Crippen molar-refractivity contribution in [2.75, 3.05) is 12.4 Å². The highest BCUT2D eigenvalue weighted by molar-refractivity contribution is 7.89. The summed E-state index contributed by atoms with van der Waals surface area (Å²) in [7, 11) is -3.46. The van der Waals surface area contributed by atoms with Gasteiger partial charge in [-0.3, -0.25) is 0 Å². The predicted molar refractivity (Wildman–Crippen MR) is 78.3 cm³/mol. The Morgan fingerprint density at radius 3 is 2.60 bits per heavy atom. The number of sulfonamides is 1. The van der Waals surface area contributed by atoms with Gasteiger partial charge >= 0.3 is 0 Å². The summed E-state index contributed by atoms with van der Waals surface area (Å²) >= 11 is 5.65. The Kier molecular flexibility index (Phi) is 5.17. The van der Waals surface area contributed by atoms with Crippen LogP contribution in [0.5, 0.6) is 0 Å². The summed E-state index contributed by atoms with van der Waals surface area (Å²) in [6.45, 7) is 0.867. The summed E-state index contributed by atoms with van der Waals surface area (Å²) in [5.74, 6) is 0.523. The van der Waals surface area contributed by atoms with E-state index in [1.165, 1.54) is 0 Å². The van der Waals surface area contributed by atoms with Crippen LogP contribution in [0.2, 0.25) is 0 Å². The van der Waals surface area contributed by atoms with E-state index in [4.69, 9.17) is 11.6 Å². The molecule has 0 spiro atoms. The summed E-state index contributed by atoms with van der Waals surface area (Å²) < 4.78 is 28.5. The Bertz CT molecular complexity index is 624. The summed E-state index contributed by atoms with van der Waals surface area (Å²) in [6, 6.07) is 6.77. The van der Waals surface area contributed by atoms with Gasteiger partial charge in [0.2, 0.25) is 10.0 Å². The first-order chi connectivity index (χ1) is 9.62. The van der Waals surface area contributed by atoms with Crippen LogP contribution in [-0.4, -0.2) is 30.4 Å². The van der Waals surface area contributed by atoms with E-state index in [-0.39, 0.29) is 4.90 Å². The minimum Gasteiger partial charge on any atom is -0.336 e. The molecule has 7 heteroatoms. The molecule has 1 aromatic heterocycles. The van der Waals surface area contributed by atoms with E-state index < -0.39 is 10.0 Å². The molecule has 0 saturated carbocycles. The minimum atomic E-state index is -3.46. The lowest BCUT2D eigenvalue weighted by molar-refractivity contribution is 0.573. The van der Waals surface area contributed by atoms with Gasteiger partial charge in [0, 0.05) is 31.4 Å². The molecule has 5 nitrogen and oxygen atoms in total. The monoisotopic (exact) mass is 313 g/mol. The quantitative estimate of drug-likeness (QED) is 0.790. The molecule has 2 aromatic rings. The molecule has 0 fully saturated rings. The maximum Gasteiger partial charge on any atom is 0.240 e. The van der Waals surface area contributed by atoms with Crippen LogP contribution in [0.4, 0.5) is 0 Å². The van der Waals surface area contributed by atoms with Gasteiger partial charge in [0.15, 0.2) is 0 Å². The fourth-order valence-electron chi connectivity index (χ4n) is 1.76. The number of nitrogens with one attached hydrogen (secondary N) is 1. The SMILES string of the molecule is O=S(=O)(NCCn1ccnc1)c1ccc(CCCl)cc1. The van der Waals surface area contributed by atoms with E-state index in [0.29, 0.717) is 19.0 Å². The number of halogens is 1. The first-order valence-electron chi connectivity index (χ1n) is 6.22. The van der Waals surface area contributed by atoms with Crippen LogP contribution in [0, 0.1) is 0 Å². The van der Waals surface area contributed by atoms with Gasteiger partial charge in [0.05, 0.1) is 11.2 Å². The molecule has 0 unspecified atom stereocenters. The van der Waals surface area contributed by atoms with Gasteiger partial charge in [-0.1, -0.05) is 12.1 Å². The first-order valence-corrected chi connectivity index (χ1v) is 8.24. The second kappa shape index (κ2) is 6.88. The van der Waals surface area contributed by atoms with Crippen molar-refractivity contribution in [2.45, 2.75) is 17.9 Å². The molecule has 108 valence electrons. The number of benzene rings is 1. The maximum absolute atomic E-state index is 12.1. The lowest BCUT2D eigenvalue weighted by atomic mass is 10.2. The van der Waals surface area contributed by atoms with Gasteiger partial charge in [-0.05, 0) is 24.1 Å². The van der Waals surface area contributed by atoms with Crippen molar-refractivity contribution in [3.05, 3.63) is 48.5 Å². The molecular weight excluding hydrogens is 298 g/mol. The first kappa shape index (κ1) is 15.0. The van der Waals surface area contributed by atoms with Crippen LogP contribution in [-0.2, 0) is 23.0 Å². The molecule has 1 N–H and O–H groups in total. The van der Waals surface area contributed by atoms with Gasteiger partial charge in [-0.25, -0.2) is 18.1 Å². The average molecular weight is 314 g/mol. The van der Waals surface area contributed by atoms with Crippen molar-refractivity contribution >= 4 is 21.6 Å². The summed E-state index contributed by atoms with van der Waals surface area (Å²) in [5.41, 5.74) is 1.03. The van der Waals surface area contributed by atoms with Gasteiger partial charge in [0.25, 0.3) is 0 Å². The number of alkyl halides is 1. The normalized spacial score (nSPS) is 11.7. The van der Waals surface area contributed by atoms with Crippen LogP contribution < -0.4 is 4.72 Å². The van der Waals surface area contributed by atoms with Crippen molar-refractivity contribution in [1.82, 2.24) is 14.3 Å². The van der Waals surface area contributed by atoms with Gasteiger partial charge < -0.3 is 4.57 Å². The van der Waals surface area contributed by atoms with Crippen molar-refractivity contribution < 1.29 is 8.42 Å². The van der Waals surface area contributed by atoms with Crippen LogP contribution in [0.3, 0.4) is 0 Å². The molecule has 0 aliphatic carbocycles. The van der Waals surface area contributed by atoms with E-state index in [1.807, 2.05) is 4.57 Å². The van der Waals surface area contributed by atoms with Crippen LogP contribution in [0.15, 0.2) is 47.9 Å². The van der Waals surface area contributed by atoms with E-state index in [0.717, 1.165) is 12.0 Å². The molecule has 0 bridgehead atoms. The van der Waals surface area contributed by atoms with E-state index >= 15 is 0 Å². The largest absolute Gasteiger partial charge is 0.336 e. The Labute approximate surface area is 123 Å². The zero-order chi connectivity index (χ0) is 14.4. The highest BCUT2D eigenvalue weighted by atomic mass is 35.5. The zero-order valence-electron chi connectivity index (χ0n) is 10.9. The third kappa shape index (κ3) is 4.06. The van der Waals surface area contributed by atoms with E-state index in [1.54, 1.807) is 43.0 Å². The molecule has 0 radical (unpaired) electrons. The zero-order valence-corrected chi connectivity index (χ0v) is 12.4. The Morgan fingerprint density at radius 1 is 1.25 bits per heavy atom. The number of rotatable bonds is 7. The third-order valence-corrected chi connectivity index (χ3v) is 4.50. The smallest absolute Gasteiger partial charge is 0.240 e.